The van der Waals surface area contributed by atoms with Crippen molar-refractivity contribution in [1.29, 1.82) is 0 Å². The molecule has 0 aliphatic heterocycles. The van der Waals surface area contributed by atoms with Gasteiger partial charge in [0.15, 0.2) is 0 Å². The first kappa shape index (κ1) is 16.9. The van der Waals surface area contributed by atoms with E-state index in [1.54, 1.807) is 0 Å². The number of amides is 2. The molecule has 0 rings (SSSR count). The Bertz CT molecular complexity index is 256. The summed E-state index contributed by atoms with van der Waals surface area (Å²) in [4.78, 5) is 22.8. The van der Waals surface area contributed by atoms with Gasteiger partial charge in [0.2, 0.25) is 5.91 Å². The van der Waals surface area contributed by atoms with Crippen LogP contribution in [0.15, 0.2) is 0 Å². The van der Waals surface area contributed by atoms with Gasteiger partial charge < -0.3 is 11.5 Å². The van der Waals surface area contributed by atoms with Crippen LogP contribution >= 0.6 is 0 Å². The summed E-state index contributed by atoms with van der Waals surface area (Å²) in [6, 6.07) is -0.595. The highest BCUT2D eigenvalue weighted by Gasteiger charge is 2.13. The van der Waals surface area contributed by atoms with Crippen LogP contribution < -0.4 is 22.3 Å². The molecule has 0 bridgehead atoms. The lowest BCUT2D eigenvalue weighted by Crippen LogP contribution is -2.49. The molecule has 6 nitrogen and oxygen atoms in total. The van der Waals surface area contributed by atoms with Crippen molar-refractivity contribution >= 4 is 11.8 Å². The molecule has 0 spiro atoms. The second-order valence-corrected chi connectivity index (χ2v) is 4.86. The third-order valence-electron chi connectivity index (χ3n) is 2.58. The third-order valence-corrected chi connectivity index (χ3v) is 2.58. The summed E-state index contributed by atoms with van der Waals surface area (Å²) in [5.74, 6) is -0.0823. The SMILES string of the molecule is CC(C)CCC(=O)NNC(=O)[C@@H](N)CCCCN. The quantitative estimate of drug-likeness (QED) is 0.363. The van der Waals surface area contributed by atoms with Crippen molar-refractivity contribution in [2.75, 3.05) is 6.54 Å². The summed E-state index contributed by atoms with van der Waals surface area (Å²) < 4.78 is 0. The van der Waals surface area contributed by atoms with Crippen molar-refractivity contribution < 1.29 is 9.59 Å². The van der Waals surface area contributed by atoms with Gasteiger partial charge in [0.1, 0.15) is 0 Å². The van der Waals surface area contributed by atoms with E-state index in [-0.39, 0.29) is 11.8 Å². The summed E-state index contributed by atoms with van der Waals surface area (Å²) in [7, 11) is 0. The van der Waals surface area contributed by atoms with Crippen LogP contribution in [0, 0.1) is 5.92 Å². The maximum Gasteiger partial charge on any atom is 0.255 e. The summed E-state index contributed by atoms with van der Waals surface area (Å²) in [6.45, 7) is 4.68. The minimum absolute atomic E-state index is 0.189. The Morgan fingerprint density at radius 2 is 1.78 bits per heavy atom. The fourth-order valence-electron chi connectivity index (χ4n) is 1.35. The van der Waals surface area contributed by atoms with Crippen molar-refractivity contribution in [1.82, 2.24) is 10.9 Å². The molecule has 0 aromatic rings. The van der Waals surface area contributed by atoms with Gasteiger partial charge in [-0.05, 0) is 31.7 Å². The largest absolute Gasteiger partial charge is 0.330 e. The first-order valence-electron chi connectivity index (χ1n) is 6.51. The van der Waals surface area contributed by atoms with Gasteiger partial charge in [-0.2, -0.15) is 0 Å². The van der Waals surface area contributed by atoms with Crippen LogP contribution in [0.5, 0.6) is 0 Å². The highest BCUT2D eigenvalue weighted by molar-refractivity contribution is 5.84. The monoisotopic (exact) mass is 258 g/mol. The van der Waals surface area contributed by atoms with E-state index in [2.05, 4.69) is 10.9 Å². The van der Waals surface area contributed by atoms with Gasteiger partial charge in [-0.3, -0.25) is 20.4 Å². The molecule has 6 N–H and O–H groups in total. The molecule has 6 heteroatoms. The van der Waals surface area contributed by atoms with Gasteiger partial charge in [-0.1, -0.05) is 20.3 Å². The van der Waals surface area contributed by atoms with Gasteiger partial charge >= 0.3 is 0 Å². The average molecular weight is 258 g/mol. The van der Waals surface area contributed by atoms with Crippen LogP contribution in [0.25, 0.3) is 0 Å². The number of nitrogens with two attached hydrogens (primary N) is 2. The van der Waals surface area contributed by atoms with E-state index in [1.165, 1.54) is 0 Å². The molecule has 18 heavy (non-hydrogen) atoms. The van der Waals surface area contributed by atoms with Crippen LogP contribution in [-0.4, -0.2) is 24.4 Å². The highest BCUT2D eigenvalue weighted by atomic mass is 16.2. The lowest BCUT2D eigenvalue weighted by atomic mass is 10.1. The van der Waals surface area contributed by atoms with E-state index in [0.717, 1.165) is 19.3 Å². The Hall–Kier alpha value is -1.14. The lowest BCUT2D eigenvalue weighted by Gasteiger charge is -2.13. The molecule has 106 valence electrons. The number of carbonyl (C=O) groups is 2. The maximum absolute atomic E-state index is 11.5. The highest BCUT2D eigenvalue weighted by Crippen LogP contribution is 2.02. The zero-order valence-electron chi connectivity index (χ0n) is 11.4. The minimum Gasteiger partial charge on any atom is -0.330 e. The smallest absolute Gasteiger partial charge is 0.255 e. The molecule has 0 unspecified atom stereocenters. The molecule has 0 aromatic heterocycles. The van der Waals surface area contributed by atoms with Crippen LogP contribution in [-0.2, 0) is 9.59 Å². The Labute approximate surface area is 109 Å². The number of unbranched alkanes of at least 4 members (excludes halogenated alkanes) is 1. The fraction of sp³-hybridized carbons (Fsp3) is 0.833. The minimum atomic E-state index is -0.595. The Morgan fingerprint density at radius 1 is 1.11 bits per heavy atom. The van der Waals surface area contributed by atoms with Crippen molar-refractivity contribution in [2.45, 2.75) is 52.0 Å². The zero-order chi connectivity index (χ0) is 14.0. The molecule has 0 radical (unpaired) electrons. The number of carbonyl (C=O) groups excluding carboxylic acids is 2. The normalized spacial score (nSPS) is 12.3. The van der Waals surface area contributed by atoms with Crippen molar-refractivity contribution in [3.8, 4) is 0 Å². The summed E-state index contributed by atoms with van der Waals surface area (Å²) in [5.41, 5.74) is 15.7. The number of nitrogens with one attached hydrogen (secondary N) is 2. The van der Waals surface area contributed by atoms with Crippen LogP contribution in [0.1, 0.15) is 46.0 Å². The second-order valence-electron chi connectivity index (χ2n) is 4.86. The van der Waals surface area contributed by atoms with Crippen molar-refractivity contribution in [3.05, 3.63) is 0 Å². The standard InChI is InChI=1S/C12H26N4O2/c1-9(2)6-7-11(17)15-16-12(18)10(14)5-3-4-8-13/h9-10H,3-8,13-14H2,1-2H3,(H,15,17)(H,16,18)/t10-/m0/s1. The third kappa shape index (κ3) is 8.95. The topological polar surface area (TPSA) is 110 Å². The van der Waals surface area contributed by atoms with Gasteiger partial charge in [-0.15, -0.1) is 0 Å². The summed E-state index contributed by atoms with van der Waals surface area (Å²) >= 11 is 0. The molecule has 0 heterocycles. The maximum atomic E-state index is 11.5. The number of rotatable bonds is 8. The zero-order valence-corrected chi connectivity index (χ0v) is 11.4. The first-order valence-corrected chi connectivity index (χ1v) is 6.51. The number of hydrogen-bond donors (Lipinski definition) is 4. The van der Waals surface area contributed by atoms with Crippen LogP contribution in [0.3, 0.4) is 0 Å². The predicted octanol–water partition coefficient (Wildman–Crippen LogP) is 0.0263. The molecule has 0 saturated carbocycles. The molecular weight excluding hydrogens is 232 g/mol. The van der Waals surface area contributed by atoms with Crippen molar-refractivity contribution in [3.63, 3.8) is 0 Å². The van der Waals surface area contributed by atoms with Gasteiger partial charge in [-0.25, -0.2) is 0 Å². The van der Waals surface area contributed by atoms with E-state index in [0.29, 0.717) is 25.3 Å². The first-order chi connectivity index (χ1) is 8.47. The molecule has 0 aliphatic rings. The lowest BCUT2D eigenvalue weighted by molar-refractivity contribution is -0.129. The number of hydrogen-bond acceptors (Lipinski definition) is 4. The van der Waals surface area contributed by atoms with Crippen LogP contribution in [0.4, 0.5) is 0 Å². The molecule has 0 fully saturated rings. The van der Waals surface area contributed by atoms with Gasteiger partial charge in [0.05, 0.1) is 6.04 Å². The second kappa shape index (κ2) is 9.85. The predicted molar refractivity (Wildman–Crippen MR) is 71.2 cm³/mol. The van der Waals surface area contributed by atoms with E-state index in [9.17, 15) is 9.59 Å². The van der Waals surface area contributed by atoms with E-state index < -0.39 is 6.04 Å². The Morgan fingerprint density at radius 3 is 2.33 bits per heavy atom. The molecule has 1 atom stereocenters. The molecule has 0 saturated heterocycles. The molecule has 2 amide bonds. The number of hydrazine groups is 1. The fourth-order valence-corrected chi connectivity index (χ4v) is 1.35. The Balaban J connectivity index is 3.70. The molecule has 0 aliphatic carbocycles. The van der Waals surface area contributed by atoms with E-state index >= 15 is 0 Å². The molecular formula is C12H26N4O2. The van der Waals surface area contributed by atoms with Crippen LogP contribution in [0.2, 0.25) is 0 Å². The van der Waals surface area contributed by atoms with Crippen molar-refractivity contribution in [2.24, 2.45) is 17.4 Å². The van der Waals surface area contributed by atoms with Gasteiger partial charge in [0.25, 0.3) is 5.91 Å². The summed E-state index contributed by atoms with van der Waals surface area (Å²) in [6.07, 6.45) is 3.43. The average Bonchev–Trinajstić information content (AvgIpc) is 2.33. The van der Waals surface area contributed by atoms with E-state index in [1.807, 2.05) is 13.8 Å². The Kier molecular flexibility index (Phi) is 9.22. The summed E-state index contributed by atoms with van der Waals surface area (Å²) in [5, 5.41) is 0. The van der Waals surface area contributed by atoms with Gasteiger partial charge in [0, 0.05) is 6.42 Å². The van der Waals surface area contributed by atoms with E-state index in [4.69, 9.17) is 11.5 Å². The molecule has 0 aromatic carbocycles.